The van der Waals surface area contributed by atoms with Crippen LogP contribution in [-0.2, 0) is 16.0 Å². The SMILES string of the molecule is CCOC(=O)c1ccc(-n2c3c(cc(C(=O)NC(C)=O)c2=O)C(=O)CC(C)(C)C3)cc1. The average Bonchev–Trinajstić information content (AvgIpc) is 2.66. The number of amides is 2. The molecule has 0 aliphatic heterocycles. The van der Waals surface area contributed by atoms with Crippen LogP contribution in [0.2, 0.25) is 0 Å². The van der Waals surface area contributed by atoms with Crippen molar-refractivity contribution in [2.75, 3.05) is 6.61 Å². The lowest BCUT2D eigenvalue weighted by Crippen LogP contribution is -2.39. The zero-order valence-corrected chi connectivity index (χ0v) is 17.9. The molecule has 1 aliphatic rings. The molecule has 8 nitrogen and oxygen atoms in total. The highest BCUT2D eigenvalue weighted by molar-refractivity contribution is 6.06. The lowest BCUT2D eigenvalue weighted by atomic mass is 9.75. The molecule has 1 aromatic heterocycles. The second-order valence-corrected chi connectivity index (χ2v) is 8.28. The van der Waals surface area contributed by atoms with E-state index in [4.69, 9.17) is 4.74 Å². The zero-order valence-electron chi connectivity index (χ0n) is 17.9. The summed E-state index contributed by atoms with van der Waals surface area (Å²) in [5, 5.41) is 2.09. The number of carbonyl (C=O) groups is 4. The summed E-state index contributed by atoms with van der Waals surface area (Å²) >= 11 is 0. The highest BCUT2D eigenvalue weighted by atomic mass is 16.5. The summed E-state index contributed by atoms with van der Waals surface area (Å²) in [4.78, 5) is 61.9. The van der Waals surface area contributed by atoms with Gasteiger partial charge in [0.1, 0.15) is 5.56 Å². The normalized spacial score (nSPS) is 14.5. The van der Waals surface area contributed by atoms with Crippen molar-refractivity contribution >= 4 is 23.6 Å². The van der Waals surface area contributed by atoms with Gasteiger partial charge in [0.2, 0.25) is 5.91 Å². The van der Waals surface area contributed by atoms with E-state index in [0.29, 0.717) is 23.4 Å². The number of aromatic nitrogens is 1. The van der Waals surface area contributed by atoms with E-state index in [0.717, 1.165) is 6.92 Å². The van der Waals surface area contributed by atoms with E-state index in [1.54, 1.807) is 19.1 Å². The Kier molecular flexibility index (Phi) is 5.92. The van der Waals surface area contributed by atoms with Crippen molar-refractivity contribution in [3.05, 3.63) is 63.1 Å². The number of rotatable bonds is 4. The Morgan fingerprint density at radius 2 is 1.74 bits per heavy atom. The van der Waals surface area contributed by atoms with Gasteiger partial charge >= 0.3 is 5.97 Å². The second-order valence-electron chi connectivity index (χ2n) is 8.28. The topological polar surface area (TPSA) is 112 Å². The van der Waals surface area contributed by atoms with Crippen LogP contribution < -0.4 is 10.9 Å². The Morgan fingerprint density at radius 1 is 1.10 bits per heavy atom. The molecule has 1 N–H and O–H groups in total. The summed E-state index contributed by atoms with van der Waals surface area (Å²) in [6.07, 6.45) is 0.714. The molecule has 3 rings (SSSR count). The van der Waals surface area contributed by atoms with Crippen LogP contribution in [-0.4, -0.2) is 34.7 Å². The van der Waals surface area contributed by atoms with Crippen LogP contribution in [0, 0.1) is 5.41 Å². The van der Waals surface area contributed by atoms with Crippen molar-refractivity contribution in [2.45, 2.75) is 40.5 Å². The zero-order chi connectivity index (χ0) is 22.9. The quantitative estimate of drug-likeness (QED) is 0.755. The third-order valence-electron chi connectivity index (χ3n) is 5.06. The molecule has 1 heterocycles. The number of ether oxygens (including phenoxy) is 1. The smallest absolute Gasteiger partial charge is 0.338 e. The Hall–Kier alpha value is -3.55. The first kappa shape index (κ1) is 22.1. The van der Waals surface area contributed by atoms with Gasteiger partial charge in [-0.2, -0.15) is 0 Å². The van der Waals surface area contributed by atoms with E-state index in [9.17, 15) is 24.0 Å². The van der Waals surface area contributed by atoms with Gasteiger partial charge in [-0.15, -0.1) is 0 Å². The van der Waals surface area contributed by atoms with Crippen LogP contribution in [0.15, 0.2) is 35.1 Å². The maximum atomic E-state index is 13.3. The van der Waals surface area contributed by atoms with Crippen LogP contribution in [0.3, 0.4) is 0 Å². The Labute approximate surface area is 179 Å². The number of nitrogens with one attached hydrogen (secondary N) is 1. The highest BCUT2D eigenvalue weighted by Gasteiger charge is 2.35. The molecular weight excluding hydrogens is 400 g/mol. The van der Waals surface area contributed by atoms with Gasteiger partial charge in [0.15, 0.2) is 5.78 Å². The van der Waals surface area contributed by atoms with E-state index in [1.807, 2.05) is 13.8 Å². The first-order chi connectivity index (χ1) is 14.5. The molecule has 0 fully saturated rings. The van der Waals surface area contributed by atoms with Crippen molar-refractivity contribution in [3.63, 3.8) is 0 Å². The predicted octanol–water partition coefficient (Wildman–Crippen LogP) is 2.45. The number of imide groups is 1. The fourth-order valence-corrected chi connectivity index (χ4v) is 3.74. The summed E-state index contributed by atoms with van der Waals surface area (Å²) in [5.74, 6) is -2.15. The molecule has 8 heteroatoms. The maximum Gasteiger partial charge on any atom is 0.338 e. The minimum Gasteiger partial charge on any atom is -0.462 e. The number of ketones is 1. The van der Waals surface area contributed by atoms with Gasteiger partial charge in [0.05, 0.1) is 12.2 Å². The average molecular weight is 424 g/mol. The molecule has 2 aromatic rings. The number of pyridine rings is 1. The summed E-state index contributed by atoms with van der Waals surface area (Å²) < 4.78 is 6.30. The monoisotopic (exact) mass is 424 g/mol. The van der Waals surface area contributed by atoms with Crippen LogP contribution >= 0.6 is 0 Å². The number of nitrogens with zero attached hydrogens (tertiary/aromatic N) is 1. The van der Waals surface area contributed by atoms with E-state index in [1.165, 1.54) is 22.8 Å². The number of hydrogen-bond acceptors (Lipinski definition) is 6. The van der Waals surface area contributed by atoms with Crippen LogP contribution in [0.25, 0.3) is 5.69 Å². The van der Waals surface area contributed by atoms with Crippen molar-refractivity contribution in [3.8, 4) is 5.69 Å². The molecule has 0 radical (unpaired) electrons. The molecule has 0 bridgehead atoms. The fourth-order valence-electron chi connectivity index (χ4n) is 3.74. The van der Waals surface area contributed by atoms with Crippen molar-refractivity contribution in [1.82, 2.24) is 9.88 Å². The van der Waals surface area contributed by atoms with Crippen molar-refractivity contribution < 1.29 is 23.9 Å². The molecule has 0 saturated carbocycles. The molecule has 162 valence electrons. The van der Waals surface area contributed by atoms with E-state index < -0.39 is 23.3 Å². The number of carbonyl (C=O) groups excluding carboxylic acids is 4. The highest BCUT2D eigenvalue weighted by Crippen LogP contribution is 2.35. The molecular formula is C23H24N2O6. The first-order valence-electron chi connectivity index (χ1n) is 9.95. The molecule has 2 amide bonds. The third kappa shape index (κ3) is 4.47. The number of fused-ring (bicyclic) bond motifs is 1. The second kappa shape index (κ2) is 8.29. The minimum absolute atomic E-state index is 0.181. The van der Waals surface area contributed by atoms with Crippen LogP contribution in [0.4, 0.5) is 0 Å². The van der Waals surface area contributed by atoms with Gasteiger partial charge in [-0.05, 0) is 49.1 Å². The number of esters is 1. The lowest BCUT2D eigenvalue weighted by Gasteiger charge is -2.32. The molecule has 31 heavy (non-hydrogen) atoms. The summed E-state index contributed by atoms with van der Waals surface area (Å²) in [6.45, 7) is 6.97. The standard InChI is InChI=1S/C23H24N2O6/c1-5-31-22(30)14-6-8-15(9-7-14)25-18-11-23(3,4)12-19(27)16(18)10-17(21(25)29)20(28)24-13(2)26/h6-10H,5,11-12H2,1-4H3,(H,24,26,28). The Balaban J connectivity index is 2.22. The van der Waals surface area contributed by atoms with Gasteiger partial charge in [-0.25, -0.2) is 4.79 Å². The summed E-state index contributed by atoms with van der Waals surface area (Å²) in [6, 6.07) is 7.44. The van der Waals surface area contributed by atoms with Gasteiger partial charge in [0, 0.05) is 30.3 Å². The van der Waals surface area contributed by atoms with Gasteiger partial charge in [-0.3, -0.25) is 29.1 Å². The van der Waals surface area contributed by atoms with Crippen molar-refractivity contribution in [2.24, 2.45) is 5.41 Å². The number of benzene rings is 1. The molecule has 0 unspecified atom stereocenters. The van der Waals surface area contributed by atoms with Gasteiger partial charge < -0.3 is 4.74 Å². The number of Topliss-reactive ketones (excluding diaryl/α,β-unsaturated/α-hetero) is 1. The fraction of sp³-hybridized carbons (Fsp3) is 0.348. The van der Waals surface area contributed by atoms with Gasteiger partial charge in [-0.1, -0.05) is 13.8 Å². The minimum atomic E-state index is -0.866. The number of hydrogen-bond donors (Lipinski definition) is 1. The molecule has 0 saturated heterocycles. The molecule has 0 spiro atoms. The van der Waals surface area contributed by atoms with E-state index >= 15 is 0 Å². The largest absolute Gasteiger partial charge is 0.462 e. The van der Waals surface area contributed by atoms with E-state index in [2.05, 4.69) is 5.32 Å². The Morgan fingerprint density at radius 3 is 2.32 bits per heavy atom. The maximum absolute atomic E-state index is 13.3. The Bertz CT molecular complexity index is 1140. The predicted molar refractivity (Wildman–Crippen MR) is 113 cm³/mol. The first-order valence-corrected chi connectivity index (χ1v) is 9.95. The summed E-state index contributed by atoms with van der Waals surface area (Å²) in [5.41, 5.74) is 0.179. The van der Waals surface area contributed by atoms with Crippen LogP contribution in [0.1, 0.15) is 70.9 Å². The van der Waals surface area contributed by atoms with Gasteiger partial charge in [0.25, 0.3) is 11.5 Å². The lowest BCUT2D eigenvalue weighted by molar-refractivity contribution is -0.118. The molecule has 1 aliphatic carbocycles. The molecule has 0 atom stereocenters. The molecule has 1 aromatic carbocycles. The van der Waals surface area contributed by atoms with Crippen molar-refractivity contribution in [1.29, 1.82) is 0 Å². The van der Waals surface area contributed by atoms with E-state index in [-0.39, 0.29) is 35.4 Å². The van der Waals surface area contributed by atoms with Crippen LogP contribution in [0.5, 0.6) is 0 Å². The third-order valence-corrected chi connectivity index (χ3v) is 5.06. The summed E-state index contributed by atoms with van der Waals surface area (Å²) in [7, 11) is 0.